The predicted molar refractivity (Wildman–Crippen MR) is 76.4 cm³/mol. The molecule has 1 unspecified atom stereocenters. The van der Waals surface area contributed by atoms with Gasteiger partial charge in [-0.15, -0.1) is 0 Å². The van der Waals surface area contributed by atoms with Gasteiger partial charge in [0.15, 0.2) is 0 Å². The summed E-state index contributed by atoms with van der Waals surface area (Å²) in [4.78, 5) is 11.8. The van der Waals surface area contributed by atoms with E-state index in [-0.39, 0.29) is 12.0 Å². The van der Waals surface area contributed by atoms with Crippen molar-refractivity contribution in [2.24, 2.45) is 0 Å². The first-order valence-corrected chi connectivity index (χ1v) is 6.97. The maximum Gasteiger partial charge on any atom is 0.227 e. The van der Waals surface area contributed by atoms with E-state index >= 15 is 0 Å². The molecule has 17 heavy (non-hydrogen) atoms. The molecule has 0 aromatic heterocycles. The van der Waals surface area contributed by atoms with Gasteiger partial charge in [-0.25, -0.2) is 0 Å². The molecular formula is C12H13ClINO2. The van der Waals surface area contributed by atoms with Gasteiger partial charge in [-0.1, -0.05) is 11.6 Å². The van der Waals surface area contributed by atoms with Crippen LogP contribution < -0.4 is 5.32 Å². The van der Waals surface area contributed by atoms with Gasteiger partial charge in [0.05, 0.1) is 18.2 Å². The fourth-order valence-corrected chi connectivity index (χ4v) is 2.81. The number of rotatable bonds is 3. The molecule has 0 aliphatic carbocycles. The van der Waals surface area contributed by atoms with Crippen LogP contribution in [0.2, 0.25) is 5.02 Å². The number of hydrogen-bond acceptors (Lipinski definition) is 2. The number of nitrogens with one attached hydrogen (secondary N) is 1. The Morgan fingerprint density at radius 2 is 2.41 bits per heavy atom. The summed E-state index contributed by atoms with van der Waals surface area (Å²) in [5.41, 5.74) is 0.804. The van der Waals surface area contributed by atoms with Gasteiger partial charge in [0.1, 0.15) is 0 Å². The van der Waals surface area contributed by atoms with Crippen LogP contribution in [0.5, 0.6) is 0 Å². The van der Waals surface area contributed by atoms with E-state index in [0.717, 1.165) is 28.7 Å². The topological polar surface area (TPSA) is 38.3 Å². The Morgan fingerprint density at radius 1 is 1.59 bits per heavy atom. The maximum atomic E-state index is 11.8. The van der Waals surface area contributed by atoms with Gasteiger partial charge in [0.2, 0.25) is 5.91 Å². The second kappa shape index (κ2) is 6.02. The highest BCUT2D eigenvalue weighted by atomic mass is 127. The van der Waals surface area contributed by atoms with E-state index < -0.39 is 0 Å². The lowest BCUT2D eigenvalue weighted by atomic mass is 10.2. The normalized spacial score (nSPS) is 19.3. The van der Waals surface area contributed by atoms with Gasteiger partial charge >= 0.3 is 0 Å². The number of halogens is 2. The SMILES string of the molecule is O=C(CC1CCCO1)Nc1ccc(Cl)cc1I. The largest absolute Gasteiger partial charge is 0.378 e. The summed E-state index contributed by atoms with van der Waals surface area (Å²) in [7, 11) is 0. The Hall–Kier alpha value is -0.330. The minimum atomic E-state index is -0.00265. The zero-order valence-corrected chi connectivity index (χ0v) is 12.1. The summed E-state index contributed by atoms with van der Waals surface area (Å²) in [5, 5.41) is 3.55. The predicted octanol–water partition coefficient (Wildman–Crippen LogP) is 3.45. The van der Waals surface area contributed by atoms with Crippen LogP contribution in [0.4, 0.5) is 5.69 Å². The molecule has 0 spiro atoms. The van der Waals surface area contributed by atoms with Gasteiger partial charge in [-0.3, -0.25) is 4.79 Å². The van der Waals surface area contributed by atoms with E-state index in [9.17, 15) is 4.79 Å². The summed E-state index contributed by atoms with van der Waals surface area (Å²) in [6.07, 6.45) is 2.54. The van der Waals surface area contributed by atoms with Crippen molar-refractivity contribution in [1.29, 1.82) is 0 Å². The van der Waals surface area contributed by atoms with Gasteiger partial charge in [-0.05, 0) is 53.6 Å². The zero-order valence-electron chi connectivity index (χ0n) is 9.21. The van der Waals surface area contributed by atoms with Crippen LogP contribution in [0.25, 0.3) is 0 Å². The third-order valence-corrected chi connectivity index (χ3v) is 3.77. The molecule has 3 nitrogen and oxygen atoms in total. The number of anilines is 1. The molecule has 1 aliphatic heterocycles. The number of carbonyl (C=O) groups excluding carboxylic acids is 1. The molecule has 1 fully saturated rings. The molecule has 1 amide bonds. The second-order valence-electron chi connectivity index (χ2n) is 4.01. The van der Waals surface area contributed by atoms with Crippen molar-refractivity contribution in [3.05, 3.63) is 26.8 Å². The lowest BCUT2D eigenvalue weighted by Gasteiger charge is -2.11. The Labute approximate surface area is 119 Å². The van der Waals surface area contributed by atoms with E-state index in [1.807, 2.05) is 12.1 Å². The fourth-order valence-electron chi connectivity index (χ4n) is 1.80. The van der Waals surface area contributed by atoms with Gasteiger partial charge in [0.25, 0.3) is 0 Å². The summed E-state index contributed by atoms with van der Waals surface area (Å²) >= 11 is 8.01. The Balaban J connectivity index is 1.93. The lowest BCUT2D eigenvalue weighted by Crippen LogP contribution is -2.19. The average molecular weight is 366 g/mol. The van der Waals surface area contributed by atoms with Crippen molar-refractivity contribution in [2.45, 2.75) is 25.4 Å². The van der Waals surface area contributed by atoms with Crippen LogP contribution >= 0.6 is 34.2 Å². The first kappa shape index (κ1) is 13.1. The molecule has 92 valence electrons. The van der Waals surface area contributed by atoms with E-state index in [1.165, 1.54) is 0 Å². The Bertz CT molecular complexity index is 419. The summed E-state index contributed by atoms with van der Waals surface area (Å²) in [6.45, 7) is 0.774. The number of hydrogen-bond donors (Lipinski definition) is 1. The van der Waals surface area contributed by atoms with Crippen LogP contribution in [0.15, 0.2) is 18.2 Å². The van der Waals surface area contributed by atoms with E-state index in [2.05, 4.69) is 27.9 Å². The quantitative estimate of drug-likeness (QED) is 0.833. The van der Waals surface area contributed by atoms with Crippen molar-refractivity contribution < 1.29 is 9.53 Å². The van der Waals surface area contributed by atoms with Crippen LogP contribution in [-0.2, 0) is 9.53 Å². The molecule has 0 saturated carbocycles. The molecule has 2 rings (SSSR count). The van der Waals surface area contributed by atoms with Crippen LogP contribution in [0.1, 0.15) is 19.3 Å². The Kier molecular flexibility index (Phi) is 4.64. The number of amides is 1. The highest BCUT2D eigenvalue weighted by Gasteiger charge is 2.19. The summed E-state index contributed by atoms with van der Waals surface area (Å²) in [5.74, 6) is -0.00265. The van der Waals surface area contributed by atoms with Crippen molar-refractivity contribution >= 4 is 45.8 Å². The molecule has 1 aliphatic rings. The molecule has 5 heteroatoms. The van der Waals surface area contributed by atoms with Crippen molar-refractivity contribution in [1.82, 2.24) is 0 Å². The molecule has 1 atom stereocenters. The van der Waals surface area contributed by atoms with Gasteiger partial charge < -0.3 is 10.1 Å². The third kappa shape index (κ3) is 3.82. The zero-order chi connectivity index (χ0) is 12.3. The van der Waals surface area contributed by atoms with Crippen LogP contribution in [0.3, 0.4) is 0 Å². The molecular weight excluding hydrogens is 352 g/mol. The summed E-state index contributed by atoms with van der Waals surface area (Å²) < 4.78 is 6.37. The van der Waals surface area contributed by atoms with Crippen LogP contribution in [0, 0.1) is 3.57 Å². The second-order valence-corrected chi connectivity index (χ2v) is 5.61. The smallest absolute Gasteiger partial charge is 0.227 e. The highest BCUT2D eigenvalue weighted by molar-refractivity contribution is 14.1. The minimum absolute atomic E-state index is 0.00265. The first-order chi connectivity index (χ1) is 8.15. The molecule has 0 radical (unpaired) electrons. The number of ether oxygens (including phenoxy) is 1. The first-order valence-electron chi connectivity index (χ1n) is 5.51. The molecule has 0 bridgehead atoms. The monoisotopic (exact) mass is 365 g/mol. The molecule has 1 N–H and O–H groups in total. The fraction of sp³-hybridized carbons (Fsp3) is 0.417. The van der Waals surface area contributed by atoms with Gasteiger partial charge in [0, 0.05) is 15.2 Å². The number of carbonyl (C=O) groups is 1. The minimum Gasteiger partial charge on any atom is -0.378 e. The summed E-state index contributed by atoms with van der Waals surface area (Å²) in [6, 6.07) is 5.41. The van der Waals surface area contributed by atoms with Crippen LogP contribution in [-0.4, -0.2) is 18.6 Å². The molecule has 1 aromatic rings. The van der Waals surface area contributed by atoms with E-state index in [1.54, 1.807) is 6.07 Å². The van der Waals surface area contributed by atoms with E-state index in [0.29, 0.717) is 11.4 Å². The van der Waals surface area contributed by atoms with E-state index in [4.69, 9.17) is 16.3 Å². The number of benzene rings is 1. The highest BCUT2D eigenvalue weighted by Crippen LogP contribution is 2.23. The standard InChI is InChI=1S/C12H13ClINO2/c13-8-3-4-11(10(14)6-8)15-12(16)7-9-2-1-5-17-9/h3-4,6,9H,1-2,5,7H2,(H,15,16). The van der Waals surface area contributed by atoms with Gasteiger partial charge in [-0.2, -0.15) is 0 Å². The Morgan fingerprint density at radius 3 is 3.06 bits per heavy atom. The van der Waals surface area contributed by atoms with Crippen molar-refractivity contribution in [3.63, 3.8) is 0 Å². The molecule has 1 aromatic carbocycles. The lowest BCUT2D eigenvalue weighted by molar-refractivity contribution is -0.118. The van der Waals surface area contributed by atoms with Crippen molar-refractivity contribution in [3.8, 4) is 0 Å². The molecule has 1 saturated heterocycles. The third-order valence-electron chi connectivity index (χ3n) is 2.64. The average Bonchev–Trinajstić information content (AvgIpc) is 2.75. The maximum absolute atomic E-state index is 11.8. The molecule has 1 heterocycles. The van der Waals surface area contributed by atoms with Crippen molar-refractivity contribution in [2.75, 3.05) is 11.9 Å².